The van der Waals surface area contributed by atoms with Crippen LogP contribution in [0.25, 0.3) is 0 Å². The number of nitrogens with zero attached hydrogens (tertiary/aromatic N) is 2. The smallest absolute Gasteiger partial charge is 0.320 e. The zero-order valence-corrected chi connectivity index (χ0v) is 16.5. The van der Waals surface area contributed by atoms with Gasteiger partial charge in [0.1, 0.15) is 0 Å². The topological polar surface area (TPSA) is 77.9 Å². The Balaban J connectivity index is 1.60. The van der Waals surface area contributed by atoms with Crippen molar-refractivity contribution in [2.75, 3.05) is 26.2 Å². The number of amides is 2. The SMILES string of the molecule is CC1(C)C(C)(C)C1(C(=O)O)C(=O)N1CCC(CC(=O)N2CCCC2)CC1. The molecule has 0 aromatic carbocycles. The molecule has 1 saturated carbocycles. The molecule has 0 spiro atoms. The third-order valence-corrected chi connectivity index (χ3v) is 7.84. The van der Waals surface area contributed by atoms with Crippen molar-refractivity contribution < 1.29 is 19.5 Å². The van der Waals surface area contributed by atoms with E-state index in [1.54, 1.807) is 4.90 Å². The highest BCUT2D eigenvalue weighted by molar-refractivity contribution is 6.08. The Hall–Kier alpha value is -1.59. The molecule has 0 unspecified atom stereocenters. The highest BCUT2D eigenvalue weighted by Crippen LogP contribution is 2.78. The summed E-state index contributed by atoms with van der Waals surface area (Å²) in [6.07, 6.45) is 4.32. The van der Waals surface area contributed by atoms with Gasteiger partial charge in [0.2, 0.25) is 11.8 Å². The first-order valence-electron chi connectivity index (χ1n) is 9.88. The van der Waals surface area contributed by atoms with Gasteiger partial charge in [0.05, 0.1) is 0 Å². The lowest BCUT2D eigenvalue weighted by Gasteiger charge is -2.35. The molecule has 1 N–H and O–H groups in total. The van der Waals surface area contributed by atoms with Crippen LogP contribution < -0.4 is 0 Å². The maximum Gasteiger partial charge on any atom is 0.320 e. The summed E-state index contributed by atoms with van der Waals surface area (Å²) in [5, 5.41) is 9.87. The standard InChI is InChI=1S/C20H32N2O4/c1-18(2)19(3,4)20(18,17(25)26)16(24)22-11-7-14(8-12-22)13-15(23)21-9-5-6-10-21/h14H,5-13H2,1-4H3,(H,25,26). The van der Waals surface area contributed by atoms with Gasteiger partial charge in [-0.05, 0) is 42.4 Å². The molecule has 0 aromatic rings. The Morgan fingerprint density at radius 1 is 0.885 bits per heavy atom. The summed E-state index contributed by atoms with van der Waals surface area (Å²) in [5.41, 5.74) is -2.46. The molecule has 2 saturated heterocycles. The molecule has 146 valence electrons. The largest absolute Gasteiger partial charge is 0.480 e. The Morgan fingerprint density at radius 3 is 1.81 bits per heavy atom. The number of carbonyl (C=O) groups excluding carboxylic acids is 2. The van der Waals surface area contributed by atoms with Gasteiger partial charge in [-0.1, -0.05) is 27.7 Å². The zero-order chi connectivity index (χ0) is 19.3. The van der Waals surface area contributed by atoms with E-state index in [0.717, 1.165) is 38.8 Å². The molecule has 2 amide bonds. The van der Waals surface area contributed by atoms with Crippen molar-refractivity contribution in [1.29, 1.82) is 0 Å². The average molecular weight is 364 g/mol. The lowest BCUT2D eigenvalue weighted by atomic mass is 9.89. The summed E-state index contributed by atoms with van der Waals surface area (Å²) in [5.74, 6) is -0.722. The minimum Gasteiger partial charge on any atom is -0.480 e. The quantitative estimate of drug-likeness (QED) is 0.777. The molecule has 3 aliphatic rings. The van der Waals surface area contributed by atoms with Gasteiger partial charge in [0, 0.05) is 32.6 Å². The number of aliphatic carboxylic acids is 1. The van der Waals surface area contributed by atoms with Crippen LogP contribution in [0, 0.1) is 22.2 Å². The number of carboxylic acids is 1. The van der Waals surface area contributed by atoms with Crippen LogP contribution in [0.15, 0.2) is 0 Å². The van der Waals surface area contributed by atoms with Gasteiger partial charge in [-0.15, -0.1) is 0 Å². The van der Waals surface area contributed by atoms with Gasteiger partial charge < -0.3 is 14.9 Å². The summed E-state index contributed by atoms with van der Waals surface area (Å²) in [4.78, 5) is 41.2. The first kappa shape index (κ1) is 19.2. The highest BCUT2D eigenvalue weighted by Gasteiger charge is 2.86. The molecule has 2 aliphatic heterocycles. The second kappa shape index (κ2) is 6.24. The lowest BCUT2D eigenvalue weighted by molar-refractivity contribution is -0.157. The molecular weight excluding hydrogens is 332 g/mol. The van der Waals surface area contributed by atoms with E-state index in [-0.39, 0.29) is 11.8 Å². The number of carboxylic acid groups (broad SMARTS) is 1. The van der Waals surface area contributed by atoms with Crippen LogP contribution in [0.1, 0.15) is 59.8 Å². The second-order valence-corrected chi connectivity index (χ2v) is 9.33. The van der Waals surface area contributed by atoms with E-state index in [1.165, 1.54) is 0 Å². The van der Waals surface area contributed by atoms with Gasteiger partial charge in [-0.25, -0.2) is 0 Å². The highest BCUT2D eigenvalue weighted by atomic mass is 16.4. The number of carbonyl (C=O) groups is 3. The number of hydrogen-bond acceptors (Lipinski definition) is 3. The van der Waals surface area contributed by atoms with Gasteiger partial charge in [-0.3, -0.25) is 14.4 Å². The minimum atomic E-state index is -1.34. The molecule has 6 nitrogen and oxygen atoms in total. The summed E-state index contributed by atoms with van der Waals surface area (Å²) in [6.45, 7) is 10.4. The van der Waals surface area contributed by atoms with Gasteiger partial charge in [0.15, 0.2) is 5.41 Å². The third kappa shape index (κ3) is 2.48. The van der Waals surface area contributed by atoms with Crippen molar-refractivity contribution in [2.45, 2.75) is 59.8 Å². The number of hydrogen-bond donors (Lipinski definition) is 1. The van der Waals surface area contributed by atoms with Gasteiger partial charge in [-0.2, -0.15) is 0 Å². The second-order valence-electron chi connectivity index (χ2n) is 9.33. The van der Waals surface area contributed by atoms with E-state index >= 15 is 0 Å². The summed E-state index contributed by atoms with van der Waals surface area (Å²) in [6, 6.07) is 0. The first-order chi connectivity index (χ1) is 12.1. The predicted octanol–water partition coefficient (Wildman–Crippen LogP) is 2.37. The van der Waals surface area contributed by atoms with Gasteiger partial charge in [0.25, 0.3) is 0 Å². The van der Waals surface area contributed by atoms with Crippen molar-refractivity contribution in [3.05, 3.63) is 0 Å². The average Bonchev–Trinajstić information content (AvgIpc) is 2.96. The molecule has 0 atom stereocenters. The molecule has 2 heterocycles. The monoisotopic (exact) mass is 364 g/mol. The molecule has 0 bridgehead atoms. The van der Waals surface area contributed by atoms with Crippen LogP contribution in [0.5, 0.6) is 0 Å². The Labute approximate surface area is 155 Å². The number of rotatable bonds is 4. The van der Waals surface area contributed by atoms with Crippen molar-refractivity contribution >= 4 is 17.8 Å². The predicted molar refractivity (Wildman–Crippen MR) is 97.4 cm³/mol. The molecule has 6 heteroatoms. The van der Waals surface area contributed by atoms with Crippen LogP contribution in [0.2, 0.25) is 0 Å². The number of likely N-dealkylation sites (tertiary alicyclic amines) is 2. The van der Waals surface area contributed by atoms with E-state index in [2.05, 4.69) is 0 Å². The fourth-order valence-electron chi connectivity index (χ4n) is 5.39. The summed E-state index contributed by atoms with van der Waals surface area (Å²) in [7, 11) is 0. The fraction of sp³-hybridized carbons (Fsp3) is 0.850. The molecule has 1 aliphatic carbocycles. The lowest BCUT2D eigenvalue weighted by Crippen LogP contribution is -2.48. The first-order valence-corrected chi connectivity index (χ1v) is 9.88. The van der Waals surface area contributed by atoms with Crippen LogP contribution in [-0.4, -0.2) is 58.9 Å². The zero-order valence-electron chi connectivity index (χ0n) is 16.5. The van der Waals surface area contributed by atoms with Crippen molar-refractivity contribution in [3.63, 3.8) is 0 Å². The van der Waals surface area contributed by atoms with Crippen LogP contribution in [0.3, 0.4) is 0 Å². The van der Waals surface area contributed by atoms with Gasteiger partial charge >= 0.3 is 5.97 Å². The normalized spacial score (nSPS) is 26.6. The van der Waals surface area contributed by atoms with Crippen LogP contribution >= 0.6 is 0 Å². The Bertz CT molecular complexity index is 597. The summed E-state index contributed by atoms with van der Waals surface area (Å²) < 4.78 is 0. The molecule has 3 fully saturated rings. The van der Waals surface area contributed by atoms with Crippen LogP contribution in [-0.2, 0) is 14.4 Å². The number of piperidine rings is 1. The van der Waals surface area contributed by atoms with Crippen molar-refractivity contribution in [2.24, 2.45) is 22.2 Å². The molecule has 0 aromatic heterocycles. The van der Waals surface area contributed by atoms with E-state index in [4.69, 9.17) is 0 Å². The van der Waals surface area contributed by atoms with E-state index in [1.807, 2.05) is 32.6 Å². The molecule has 3 rings (SSSR count). The van der Waals surface area contributed by atoms with Crippen molar-refractivity contribution in [1.82, 2.24) is 9.80 Å². The minimum absolute atomic E-state index is 0.235. The molecule has 0 radical (unpaired) electrons. The maximum atomic E-state index is 13.2. The molecular formula is C20H32N2O4. The summed E-state index contributed by atoms with van der Waals surface area (Å²) >= 11 is 0. The molecule has 26 heavy (non-hydrogen) atoms. The Morgan fingerprint density at radius 2 is 1.38 bits per heavy atom. The Kier molecular flexibility index (Phi) is 4.60. The van der Waals surface area contributed by atoms with E-state index in [9.17, 15) is 19.5 Å². The van der Waals surface area contributed by atoms with Crippen LogP contribution in [0.4, 0.5) is 0 Å². The third-order valence-electron chi connectivity index (χ3n) is 7.84. The fourth-order valence-corrected chi connectivity index (χ4v) is 5.39. The van der Waals surface area contributed by atoms with Crippen molar-refractivity contribution in [3.8, 4) is 0 Å². The van der Waals surface area contributed by atoms with E-state index < -0.39 is 22.2 Å². The maximum absolute atomic E-state index is 13.2. The van der Waals surface area contributed by atoms with E-state index in [0.29, 0.717) is 25.4 Å².